The Morgan fingerprint density at radius 2 is 2.00 bits per heavy atom. The Balaban J connectivity index is 2.46. The molecule has 0 aliphatic heterocycles. The molecule has 0 amide bonds. The van der Waals surface area contributed by atoms with Crippen LogP contribution in [0.15, 0.2) is 6.20 Å². The molecule has 0 saturated carbocycles. The molecule has 6 heteroatoms. The molecule has 19 heavy (non-hydrogen) atoms. The van der Waals surface area contributed by atoms with E-state index in [1.54, 1.807) is 0 Å². The first-order chi connectivity index (χ1) is 9.06. The van der Waals surface area contributed by atoms with Crippen LogP contribution in [0.5, 0.6) is 0 Å². The van der Waals surface area contributed by atoms with Crippen molar-refractivity contribution in [3.8, 4) is 0 Å². The van der Waals surface area contributed by atoms with Crippen LogP contribution >= 0.6 is 0 Å². The van der Waals surface area contributed by atoms with Crippen LogP contribution in [0.2, 0.25) is 0 Å². The zero-order valence-corrected chi connectivity index (χ0v) is 12.3. The van der Waals surface area contributed by atoms with Gasteiger partial charge in [0.2, 0.25) is 0 Å². The van der Waals surface area contributed by atoms with Gasteiger partial charge in [-0.3, -0.25) is 9.36 Å². The van der Waals surface area contributed by atoms with E-state index in [1.165, 1.54) is 11.3 Å². The van der Waals surface area contributed by atoms with Crippen molar-refractivity contribution in [2.75, 3.05) is 6.54 Å². The first kappa shape index (κ1) is 13.7. The van der Waals surface area contributed by atoms with Gasteiger partial charge in [0.25, 0.3) is 0 Å². The molecule has 104 valence electrons. The Morgan fingerprint density at radius 3 is 2.47 bits per heavy atom. The molecule has 2 aromatic heterocycles. The molecule has 0 fully saturated rings. The molecule has 1 N–H and O–H groups in total. The van der Waals surface area contributed by atoms with E-state index in [0.29, 0.717) is 0 Å². The molecular weight excluding hydrogens is 240 g/mol. The number of aryl methyl sites for hydroxylation is 3. The van der Waals surface area contributed by atoms with Crippen molar-refractivity contribution in [2.24, 2.45) is 14.1 Å². The first-order valence-electron chi connectivity index (χ1n) is 6.64. The van der Waals surface area contributed by atoms with Gasteiger partial charge >= 0.3 is 0 Å². The number of hydrogen-bond acceptors (Lipinski definition) is 4. The van der Waals surface area contributed by atoms with Crippen LogP contribution in [0.3, 0.4) is 0 Å². The van der Waals surface area contributed by atoms with E-state index in [0.717, 1.165) is 24.4 Å². The molecule has 2 heterocycles. The molecular formula is C13H22N6. The van der Waals surface area contributed by atoms with Crippen LogP contribution in [0.4, 0.5) is 0 Å². The van der Waals surface area contributed by atoms with Crippen molar-refractivity contribution in [3.05, 3.63) is 28.8 Å². The van der Waals surface area contributed by atoms with E-state index in [4.69, 9.17) is 0 Å². The standard InChI is InChI=1S/C13H22N6/c1-6-7-14-13(11-8-15-17-19(11)5)12-9(2)16-18(4)10(12)3/h8,13-14H,6-7H2,1-5H3. The predicted molar refractivity (Wildman–Crippen MR) is 73.8 cm³/mol. The van der Waals surface area contributed by atoms with Crippen molar-refractivity contribution >= 4 is 0 Å². The van der Waals surface area contributed by atoms with Gasteiger partial charge in [-0.2, -0.15) is 5.10 Å². The maximum Gasteiger partial charge on any atom is 0.0800 e. The summed E-state index contributed by atoms with van der Waals surface area (Å²) >= 11 is 0. The summed E-state index contributed by atoms with van der Waals surface area (Å²) in [6, 6.07) is 0.0913. The van der Waals surface area contributed by atoms with Gasteiger partial charge in [0.1, 0.15) is 0 Å². The molecule has 0 aromatic carbocycles. The van der Waals surface area contributed by atoms with Gasteiger partial charge in [-0.1, -0.05) is 12.1 Å². The minimum absolute atomic E-state index is 0.0913. The Morgan fingerprint density at radius 1 is 1.26 bits per heavy atom. The van der Waals surface area contributed by atoms with Gasteiger partial charge in [-0.25, -0.2) is 0 Å². The van der Waals surface area contributed by atoms with E-state index in [-0.39, 0.29) is 6.04 Å². The molecule has 2 aromatic rings. The summed E-state index contributed by atoms with van der Waals surface area (Å²) in [7, 11) is 3.90. The second kappa shape index (κ2) is 5.52. The van der Waals surface area contributed by atoms with Crippen LogP contribution < -0.4 is 5.32 Å². The van der Waals surface area contributed by atoms with Crippen molar-refractivity contribution in [3.63, 3.8) is 0 Å². The van der Waals surface area contributed by atoms with Crippen molar-refractivity contribution in [1.29, 1.82) is 0 Å². The second-order valence-electron chi connectivity index (χ2n) is 4.88. The largest absolute Gasteiger partial charge is 0.305 e. The van der Waals surface area contributed by atoms with Crippen LogP contribution in [-0.4, -0.2) is 31.3 Å². The molecule has 2 rings (SSSR count). The summed E-state index contributed by atoms with van der Waals surface area (Å²) in [6.07, 6.45) is 2.90. The molecule has 0 aliphatic carbocycles. The van der Waals surface area contributed by atoms with E-state index >= 15 is 0 Å². The highest BCUT2D eigenvalue weighted by Crippen LogP contribution is 2.26. The second-order valence-corrected chi connectivity index (χ2v) is 4.88. The molecule has 1 unspecified atom stereocenters. The van der Waals surface area contributed by atoms with Crippen LogP contribution in [-0.2, 0) is 14.1 Å². The van der Waals surface area contributed by atoms with Crippen molar-refractivity contribution in [2.45, 2.75) is 33.2 Å². The lowest BCUT2D eigenvalue weighted by Gasteiger charge is -2.19. The molecule has 0 radical (unpaired) electrons. The molecule has 0 spiro atoms. The fourth-order valence-electron chi connectivity index (χ4n) is 2.41. The summed E-state index contributed by atoms with van der Waals surface area (Å²) in [5, 5.41) is 16.1. The SMILES string of the molecule is CCCNC(c1c(C)nn(C)c1C)c1cnnn1C. The van der Waals surface area contributed by atoms with Gasteiger partial charge in [-0.15, -0.1) is 5.10 Å². The molecule has 6 nitrogen and oxygen atoms in total. The highest BCUT2D eigenvalue weighted by molar-refractivity contribution is 5.33. The lowest BCUT2D eigenvalue weighted by molar-refractivity contribution is 0.546. The van der Waals surface area contributed by atoms with Gasteiger partial charge in [0.15, 0.2) is 0 Å². The smallest absolute Gasteiger partial charge is 0.0800 e. The first-order valence-corrected chi connectivity index (χ1v) is 6.64. The molecule has 0 aliphatic rings. The van der Waals surface area contributed by atoms with Gasteiger partial charge in [-0.05, 0) is 26.8 Å². The van der Waals surface area contributed by atoms with Crippen molar-refractivity contribution in [1.82, 2.24) is 30.1 Å². The minimum atomic E-state index is 0.0913. The third-order valence-electron chi connectivity index (χ3n) is 3.50. The quantitative estimate of drug-likeness (QED) is 0.881. The van der Waals surface area contributed by atoms with Crippen molar-refractivity contribution < 1.29 is 0 Å². The highest BCUT2D eigenvalue weighted by Gasteiger charge is 2.24. The number of rotatable bonds is 5. The molecule has 0 saturated heterocycles. The summed E-state index contributed by atoms with van der Waals surface area (Å²) < 4.78 is 3.74. The maximum atomic E-state index is 4.51. The monoisotopic (exact) mass is 262 g/mol. The van der Waals surface area contributed by atoms with Gasteiger partial charge in [0.05, 0.1) is 23.6 Å². The zero-order valence-electron chi connectivity index (χ0n) is 12.3. The maximum absolute atomic E-state index is 4.51. The fourth-order valence-corrected chi connectivity index (χ4v) is 2.41. The molecule has 1 atom stereocenters. The molecule has 0 bridgehead atoms. The zero-order chi connectivity index (χ0) is 14.0. The van der Waals surface area contributed by atoms with Gasteiger partial charge in [0, 0.05) is 25.4 Å². The van der Waals surface area contributed by atoms with Crippen LogP contribution in [0, 0.1) is 13.8 Å². The Hall–Kier alpha value is -1.69. The third kappa shape index (κ3) is 2.53. The number of nitrogens with one attached hydrogen (secondary N) is 1. The van der Waals surface area contributed by atoms with E-state index < -0.39 is 0 Å². The average Bonchev–Trinajstić information content (AvgIpc) is 2.88. The van der Waals surface area contributed by atoms with E-state index in [1.807, 2.05) is 36.6 Å². The highest BCUT2D eigenvalue weighted by atomic mass is 15.4. The summed E-state index contributed by atoms with van der Waals surface area (Å²) in [4.78, 5) is 0. The Bertz CT molecular complexity index is 553. The Kier molecular flexibility index (Phi) is 3.99. The minimum Gasteiger partial charge on any atom is -0.305 e. The summed E-state index contributed by atoms with van der Waals surface area (Å²) in [5.41, 5.74) is 4.51. The lowest BCUT2D eigenvalue weighted by atomic mass is 10.0. The predicted octanol–water partition coefficient (Wildman–Crippen LogP) is 1.25. The third-order valence-corrected chi connectivity index (χ3v) is 3.50. The number of hydrogen-bond donors (Lipinski definition) is 1. The van der Waals surface area contributed by atoms with Crippen LogP contribution in [0.1, 0.15) is 42.0 Å². The van der Waals surface area contributed by atoms with Crippen LogP contribution in [0.25, 0.3) is 0 Å². The average molecular weight is 262 g/mol. The lowest BCUT2D eigenvalue weighted by Crippen LogP contribution is -2.26. The number of aromatic nitrogens is 5. The van der Waals surface area contributed by atoms with E-state index in [9.17, 15) is 0 Å². The van der Waals surface area contributed by atoms with Gasteiger partial charge < -0.3 is 5.32 Å². The normalized spacial score (nSPS) is 12.9. The topological polar surface area (TPSA) is 60.6 Å². The fraction of sp³-hybridized carbons (Fsp3) is 0.615. The summed E-state index contributed by atoms with van der Waals surface area (Å²) in [6.45, 7) is 7.25. The Labute approximate surface area is 113 Å². The number of nitrogens with zero attached hydrogens (tertiary/aromatic N) is 5. The summed E-state index contributed by atoms with van der Waals surface area (Å²) in [5.74, 6) is 0. The van der Waals surface area contributed by atoms with E-state index in [2.05, 4.69) is 34.6 Å².